The summed E-state index contributed by atoms with van der Waals surface area (Å²) in [6, 6.07) is 0. The molecule has 2 nitrogen and oxygen atoms in total. The number of hydrogen-bond acceptors (Lipinski definition) is 2. The molecule has 2 aliphatic rings. The van der Waals surface area contributed by atoms with Crippen LogP contribution in [0, 0.1) is 23.2 Å². The fourth-order valence-corrected chi connectivity index (χ4v) is 5.35. The molecule has 2 aliphatic carbocycles. The molecule has 0 spiro atoms. The first-order valence-electron chi connectivity index (χ1n) is 8.86. The molecule has 0 heterocycles. The predicted octanol–water partition coefficient (Wildman–Crippen LogP) is 4.96. The standard InChI is InChI=1S/C18H35O2P/c1-13(7-5-11-17(2,3)20-21)14-9-10-15-16(19)8-6-12-18(14,15)4/h13-16,19H,5-12,21H2,1-4H3/t13-,14?,15?,16?,18-/m1/s1. The summed E-state index contributed by atoms with van der Waals surface area (Å²) >= 11 is 0. The van der Waals surface area contributed by atoms with Gasteiger partial charge in [0.05, 0.1) is 11.7 Å². The van der Waals surface area contributed by atoms with E-state index in [2.05, 4.69) is 37.2 Å². The van der Waals surface area contributed by atoms with Crippen LogP contribution in [0.1, 0.15) is 79.1 Å². The molecule has 0 aromatic carbocycles. The molecule has 0 aliphatic heterocycles. The van der Waals surface area contributed by atoms with Gasteiger partial charge in [-0.1, -0.05) is 33.1 Å². The Bertz CT molecular complexity index is 344. The van der Waals surface area contributed by atoms with Crippen molar-refractivity contribution in [1.29, 1.82) is 0 Å². The molecular weight excluding hydrogens is 279 g/mol. The normalized spacial score (nSPS) is 38.3. The Morgan fingerprint density at radius 1 is 1.33 bits per heavy atom. The van der Waals surface area contributed by atoms with Crippen molar-refractivity contribution in [2.75, 3.05) is 0 Å². The molecule has 1 N–H and O–H groups in total. The third-order valence-corrected chi connectivity index (χ3v) is 7.24. The van der Waals surface area contributed by atoms with Crippen LogP contribution in [0.4, 0.5) is 0 Å². The molecule has 2 rings (SSSR count). The maximum Gasteiger partial charge on any atom is 0.0662 e. The van der Waals surface area contributed by atoms with Gasteiger partial charge in [-0.3, -0.25) is 0 Å². The fourth-order valence-electron chi connectivity index (χ4n) is 5.23. The summed E-state index contributed by atoms with van der Waals surface area (Å²) in [6.45, 7) is 9.22. The Labute approximate surface area is 133 Å². The van der Waals surface area contributed by atoms with Gasteiger partial charge in [-0.05, 0) is 69.1 Å². The lowest BCUT2D eigenvalue weighted by Crippen LogP contribution is -2.41. The lowest BCUT2D eigenvalue weighted by atomic mass is 9.61. The minimum Gasteiger partial charge on any atom is -0.393 e. The van der Waals surface area contributed by atoms with Gasteiger partial charge in [0.1, 0.15) is 0 Å². The number of aliphatic hydroxyl groups is 1. The molecule has 0 bridgehead atoms. The highest BCUT2D eigenvalue weighted by Crippen LogP contribution is 2.58. The van der Waals surface area contributed by atoms with Gasteiger partial charge in [-0.15, -0.1) is 0 Å². The predicted molar refractivity (Wildman–Crippen MR) is 92.1 cm³/mol. The molecule has 6 atom stereocenters. The van der Waals surface area contributed by atoms with Crippen molar-refractivity contribution in [3.05, 3.63) is 0 Å². The van der Waals surface area contributed by atoms with E-state index in [-0.39, 0.29) is 11.7 Å². The van der Waals surface area contributed by atoms with Gasteiger partial charge >= 0.3 is 0 Å². The molecule has 0 aromatic rings. The van der Waals surface area contributed by atoms with E-state index in [4.69, 9.17) is 4.52 Å². The zero-order valence-electron chi connectivity index (χ0n) is 14.4. The highest BCUT2D eigenvalue weighted by Gasteiger charge is 2.51. The molecule has 2 fully saturated rings. The Morgan fingerprint density at radius 3 is 2.71 bits per heavy atom. The first-order valence-corrected chi connectivity index (χ1v) is 9.33. The summed E-state index contributed by atoms with van der Waals surface area (Å²) in [6.07, 6.45) is 9.75. The monoisotopic (exact) mass is 314 g/mol. The lowest BCUT2D eigenvalue weighted by Gasteiger charge is -2.45. The quantitative estimate of drug-likeness (QED) is 0.702. The highest BCUT2D eigenvalue weighted by molar-refractivity contribution is 7.09. The van der Waals surface area contributed by atoms with E-state index in [1.165, 1.54) is 38.5 Å². The van der Waals surface area contributed by atoms with Crippen molar-refractivity contribution in [3.8, 4) is 0 Å². The average Bonchev–Trinajstić information content (AvgIpc) is 2.77. The van der Waals surface area contributed by atoms with Crippen molar-refractivity contribution in [2.45, 2.75) is 90.8 Å². The Morgan fingerprint density at radius 2 is 2.05 bits per heavy atom. The number of rotatable bonds is 6. The number of fused-ring (bicyclic) bond motifs is 1. The molecule has 0 amide bonds. The zero-order valence-corrected chi connectivity index (χ0v) is 15.6. The van der Waals surface area contributed by atoms with Crippen molar-refractivity contribution < 1.29 is 9.63 Å². The fraction of sp³-hybridized carbons (Fsp3) is 1.00. The minimum atomic E-state index is -0.0367. The highest BCUT2D eigenvalue weighted by atomic mass is 31.0. The van der Waals surface area contributed by atoms with Gasteiger partial charge < -0.3 is 9.63 Å². The summed E-state index contributed by atoms with van der Waals surface area (Å²) in [7, 11) is 2.40. The largest absolute Gasteiger partial charge is 0.393 e. The molecule has 4 unspecified atom stereocenters. The van der Waals surface area contributed by atoms with Gasteiger partial charge in [-0.2, -0.15) is 0 Å². The van der Waals surface area contributed by atoms with E-state index in [0.717, 1.165) is 24.7 Å². The topological polar surface area (TPSA) is 29.5 Å². The SMILES string of the molecule is C[C@H](CCCC(C)(C)OP)C1CCC2C(O)CCC[C@@]21C. The number of hydrogen-bond donors (Lipinski definition) is 1. The molecule has 0 radical (unpaired) electrons. The van der Waals surface area contributed by atoms with Crippen LogP contribution in [0.3, 0.4) is 0 Å². The van der Waals surface area contributed by atoms with Gasteiger partial charge in [-0.25, -0.2) is 0 Å². The third kappa shape index (κ3) is 3.82. The smallest absolute Gasteiger partial charge is 0.0662 e. The second-order valence-electron chi connectivity index (χ2n) is 8.50. The summed E-state index contributed by atoms with van der Waals surface area (Å²) in [5.74, 6) is 2.13. The van der Waals surface area contributed by atoms with E-state index < -0.39 is 0 Å². The zero-order chi connectivity index (χ0) is 15.7. The van der Waals surface area contributed by atoms with Crippen LogP contribution >= 0.6 is 9.47 Å². The van der Waals surface area contributed by atoms with Crippen LogP contribution in [-0.4, -0.2) is 16.8 Å². The van der Waals surface area contributed by atoms with E-state index in [0.29, 0.717) is 11.3 Å². The molecule has 2 saturated carbocycles. The molecule has 0 aromatic heterocycles. The molecule has 3 heteroatoms. The Kier molecular flexibility index (Phi) is 5.77. The van der Waals surface area contributed by atoms with E-state index in [1.807, 2.05) is 0 Å². The molecule has 0 saturated heterocycles. The second kappa shape index (κ2) is 6.85. The lowest BCUT2D eigenvalue weighted by molar-refractivity contribution is -0.0281. The van der Waals surface area contributed by atoms with Crippen molar-refractivity contribution >= 4 is 9.47 Å². The Balaban J connectivity index is 1.89. The first kappa shape index (κ1) is 17.7. The van der Waals surface area contributed by atoms with Crippen LogP contribution in [0.5, 0.6) is 0 Å². The summed E-state index contributed by atoms with van der Waals surface area (Å²) < 4.78 is 5.45. The Hall–Kier alpha value is 0.350. The van der Waals surface area contributed by atoms with Gasteiger partial charge in [0, 0.05) is 9.47 Å². The summed E-state index contributed by atoms with van der Waals surface area (Å²) in [5.41, 5.74) is 0.372. The average molecular weight is 314 g/mol. The van der Waals surface area contributed by atoms with Crippen LogP contribution in [0.15, 0.2) is 0 Å². The van der Waals surface area contributed by atoms with Crippen molar-refractivity contribution in [3.63, 3.8) is 0 Å². The maximum atomic E-state index is 10.3. The maximum absolute atomic E-state index is 10.3. The first-order chi connectivity index (χ1) is 9.80. The molecule has 124 valence electrons. The number of aliphatic hydroxyl groups excluding tert-OH is 1. The summed E-state index contributed by atoms with van der Waals surface area (Å²) in [5, 5.41) is 10.3. The van der Waals surface area contributed by atoms with E-state index in [1.54, 1.807) is 0 Å². The third-order valence-electron chi connectivity index (χ3n) is 6.61. The van der Waals surface area contributed by atoms with Crippen LogP contribution in [-0.2, 0) is 4.52 Å². The van der Waals surface area contributed by atoms with Crippen LogP contribution < -0.4 is 0 Å². The van der Waals surface area contributed by atoms with E-state index >= 15 is 0 Å². The molecule has 21 heavy (non-hydrogen) atoms. The van der Waals surface area contributed by atoms with Gasteiger partial charge in [0.2, 0.25) is 0 Å². The van der Waals surface area contributed by atoms with Crippen LogP contribution in [0.2, 0.25) is 0 Å². The second-order valence-corrected chi connectivity index (χ2v) is 8.74. The molecular formula is C18H35O2P. The van der Waals surface area contributed by atoms with Crippen molar-refractivity contribution in [1.82, 2.24) is 0 Å². The van der Waals surface area contributed by atoms with Gasteiger partial charge in [0.15, 0.2) is 0 Å². The minimum absolute atomic E-state index is 0.0203. The van der Waals surface area contributed by atoms with Crippen molar-refractivity contribution in [2.24, 2.45) is 23.2 Å². The summed E-state index contributed by atoms with van der Waals surface area (Å²) in [4.78, 5) is 0. The van der Waals surface area contributed by atoms with Gasteiger partial charge in [0.25, 0.3) is 0 Å². The van der Waals surface area contributed by atoms with E-state index in [9.17, 15) is 5.11 Å². The van der Waals surface area contributed by atoms with Crippen LogP contribution in [0.25, 0.3) is 0 Å².